The van der Waals surface area contributed by atoms with Gasteiger partial charge in [-0.25, -0.2) is 4.98 Å². The molecule has 6 nitrogen and oxygen atoms in total. The number of anilines is 1. The van der Waals surface area contributed by atoms with Crippen molar-refractivity contribution in [2.75, 3.05) is 25.5 Å². The summed E-state index contributed by atoms with van der Waals surface area (Å²) in [5.74, 6) is 1.28. The van der Waals surface area contributed by atoms with E-state index in [2.05, 4.69) is 37.6 Å². The maximum atomic E-state index is 12.1. The molecule has 0 fully saturated rings. The zero-order chi connectivity index (χ0) is 18.8. The third kappa shape index (κ3) is 8.38. The van der Waals surface area contributed by atoms with Gasteiger partial charge < -0.3 is 15.5 Å². The van der Waals surface area contributed by atoms with E-state index in [1.807, 2.05) is 51.2 Å². The van der Waals surface area contributed by atoms with Gasteiger partial charge >= 0.3 is 0 Å². The fraction of sp³-hybridized carbons (Fsp3) is 0.350. The molecule has 1 heterocycles. The Labute approximate surface area is 178 Å². The number of guanidine groups is 1. The van der Waals surface area contributed by atoms with E-state index in [1.165, 1.54) is 5.56 Å². The number of hydrogen-bond donors (Lipinski definition) is 2. The van der Waals surface area contributed by atoms with E-state index in [4.69, 9.17) is 0 Å². The lowest BCUT2D eigenvalue weighted by atomic mass is 10.2. The number of aliphatic imine (C=N–C) groups is 1. The molecule has 0 unspecified atom stereocenters. The van der Waals surface area contributed by atoms with Crippen LogP contribution in [0.3, 0.4) is 0 Å². The number of aryl methyl sites for hydroxylation is 1. The largest absolute Gasteiger partial charge is 0.357 e. The van der Waals surface area contributed by atoms with Crippen LogP contribution in [0.25, 0.3) is 0 Å². The molecule has 1 amide bonds. The van der Waals surface area contributed by atoms with Gasteiger partial charge in [0.2, 0.25) is 5.91 Å². The Balaban J connectivity index is 0.00000364. The molecule has 1 aromatic heterocycles. The van der Waals surface area contributed by atoms with Crippen LogP contribution >= 0.6 is 24.0 Å². The molecular weight excluding hydrogens is 453 g/mol. The lowest BCUT2D eigenvalue weighted by Crippen LogP contribution is -2.38. The molecule has 0 spiro atoms. The van der Waals surface area contributed by atoms with Crippen molar-refractivity contribution in [3.05, 3.63) is 59.8 Å². The molecule has 27 heavy (non-hydrogen) atoms. The number of amides is 1. The molecule has 0 saturated carbocycles. The summed E-state index contributed by atoms with van der Waals surface area (Å²) in [5, 5.41) is 6.07. The van der Waals surface area contributed by atoms with Crippen LogP contribution in [-0.2, 0) is 11.3 Å². The predicted molar refractivity (Wildman–Crippen MR) is 122 cm³/mol. The summed E-state index contributed by atoms with van der Waals surface area (Å²) in [4.78, 5) is 23.0. The highest BCUT2D eigenvalue weighted by Gasteiger charge is 2.07. The first-order chi connectivity index (χ1) is 12.6. The number of halogens is 1. The van der Waals surface area contributed by atoms with Crippen LogP contribution in [0.1, 0.15) is 24.6 Å². The normalized spacial score (nSPS) is 10.7. The minimum Gasteiger partial charge on any atom is -0.357 e. The van der Waals surface area contributed by atoms with Crippen LogP contribution in [0.2, 0.25) is 0 Å². The van der Waals surface area contributed by atoms with Crippen molar-refractivity contribution < 1.29 is 4.79 Å². The molecule has 2 rings (SSSR count). The lowest BCUT2D eigenvalue weighted by Gasteiger charge is -2.22. The fourth-order valence-corrected chi connectivity index (χ4v) is 2.48. The average Bonchev–Trinajstić information content (AvgIpc) is 2.62. The van der Waals surface area contributed by atoms with Crippen molar-refractivity contribution in [2.24, 2.45) is 4.99 Å². The van der Waals surface area contributed by atoms with Gasteiger partial charge in [0, 0.05) is 32.3 Å². The van der Waals surface area contributed by atoms with E-state index in [9.17, 15) is 4.79 Å². The number of carbonyl (C=O) groups is 1. The molecule has 0 bridgehead atoms. The summed E-state index contributed by atoms with van der Waals surface area (Å²) in [6.45, 7) is 5.87. The van der Waals surface area contributed by atoms with Gasteiger partial charge in [0.15, 0.2) is 5.96 Å². The molecule has 1 aromatic carbocycles. The Morgan fingerprint density at radius 2 is 1.89 bits per heavy atom. The van der Waals surface area contributed by atoms with Crippen LogP contribution in [0.5, 0.6) is 0 Å². The Kier molecular flexibility index (Phi) is 10.4. The highest BCUT2D eigenvalue weighted by Crippen LogP contribution is 2.05. The predicted octanol–water partition coefficient (Wildman–Crippen LogP) is 3.43. The standard InChI is InChI=1S/C20H27N5O.HI/c1-4-21-20(25(3)15-17-10-6-5-7-11-17)22-14-13-19(26)24-18-12-8-9-16(2)23-18;/h5-12H,4,13-15H2,1-3H3,(H,21,22)(H,23,24,26);1H. The average molecular weight is 481 g/mol. The summed E-state index contributed by atoms with van der Waals surface area (Å²) < 4.78 is 0. The molecule has 2 aromatic rings. The van der Waals surface area contributed by atoms with Crippen molar-refractivity contribution in [3.63, 3.8) is 0 Å². The number of pyridine rings is 1. The minimum atomic E-state index is -0.0894. The first kappa shape index (κ1) is 22.9. The van der Waals surface area contributed by atoms with E-state index >= 15 is 0 Å². The molecule has 146 valence electrons. The van der Waals surface area contributed by atoms with Gasteiger partial charge in [-0.15, -0.1) is 24.0 Å². The zero-order valence-corrected chi connectivity index (χ0v) is 18.4. The summed E-state index contributed by atoms with van der Waals surface area (Å²) in [6.07, 6.45) is 0.309. The first-order valence-electron chi connectivity index (χ1n) is 8.85. The molecule has 0 saturated heterocycles. The number of carbonyl (C=O) groups excluding carboxylic acids is 1. The molecule has 0 atom stereocenters. The van der Waals surface area contributed by atoms with Crippen molar-refractivity contribution in [1.82, 2.24) is 15.2 Å². The van der Waals surface area contributed by atoms with Gasteiger partial charge in [-0.2, -0.15) is 0 Å². The number of aromatic nitrogens is 1. The molecule has 0 aliphatic heterocycles. The third-order valence-electron chi connectivity index (χ3n) is 3.72. The quantitative estimate of drug-likeness (QED) is 0.361. The Morgan fingerprint density at radius 3 is 2.56 bits per heavy atom. The van der Waals surface area contributed by atoms with Gasteiger partial charge in [0.25, 0.3) is 0 Å². The van der Waals surface area contributed by atoms with Gasteiger partial charge in [0.1, 0.15) is 5.82 Å². The zero-order valence-electron chi connectivity index (χ0n) is 16.1. The summed E-state index contributed by atoms with van der Waals surface area (Å²) in [5.41, 5.74) is 2.08. The molecule has 2 N–H and O–H groups in total. The molecule has 7 heteroatoms. The lowest BCUT2D eigenvalue weighted by molar-refractivity contribution is -0.116. The fourth-order valence-electron chi connectivity index (χ4n) is 2.48. The van der Waals surface area contributed by atoms with Crippen molar-refractivity contribution in [2.45, 2.75) is 26.8 Å². The van der Waals surface area contributed by atoms with Crippen LogP contribution in [0.15, 0.2) is 53.5 Å². The van der Waals surface area contributed by atoms with Crippen molar-refractivity contribution >= 4 is 41.7 Å². The first-order valence-corrected chi connectivity index (χ1v) is 8.85. The van der Waals surface area contributed by atoms with Crippen molar-refractivity contribution in [3.8, 4) is 0 Å². The molecular formula is C20H28IN5O. The monoisotopic (exact) mass is 481 g/mol. The van der Waals surface area contributed by atoms with Crippen LogP contribution in [-0.4, -0.2) is 41.9 Å². The SMILES string of the molecule is CCNC(=NCCC(=O)Nc1cccc(C)n1)N(C)Cc1ccccc1.I. The Morgan fingerprint density at radius 1 is 1.15 bits per heavy atom. The van der Waals surface area contributed by atoms with E-state index in [1.54, 1.807) is 6.07 Å². The number of rotatable bonds is 7. The number of nitrogens with one attached hydrogen (secondary N) is 2. The van der Waals surface area contributed by atoms with Gasteiger partial charge in [-0.1, -0.05) is 36.4 Å². The van der Waals surface area contributed by atoms with Gasteiger partial charge in [-0.05, 0) is 31.5 Å². The van der Waals surface area contributed by atoms with Crippen molar-refractivity contribution in [1.29, 1.82) is 0 Å². The second kappa shape index (κ2) is 12.3. The maximum absolute atomic E-state index is 12.1. The number of benzene rings is 1. The van der Waals surface area contributed by atoms with Crippen LogP contribution < -0.4 is 10.6 Å². The third-order valence-corrected chi connectivity index (χ3v) is 3.72. The second-order valence-corrected chi connectivity index (χ2v) is 6.04. The smallest absolute Gasteiger partial charge is 0.227 e. The molecule has 0 radical (unpaired) electrons. The molecule has 0 aliphatic rings. The van der Waals surface area contributed by atoms with Crippen LogP contribution in [0.4, 0.5) is 5.82 Å². The Hall–Kier alpha value is -2.16. The summed E-state index contributed by atoms with van der Waals surface area (Å²) >= 11 is 0. The van der Waals surface area contributed by atoms with Crippen LogP contribution in [0, 0.1) is 6.92 Å². The highest BCUT2D eigenvalue weighted by molar-refractivity contribution is 14.0. The highest BCUT2D eigenvalue weighted by atomic mass is 127. The van der Waals surface area contributed by atoms with E-state index in [-0.39, 0.29) is 29.9 Å². The number of hydrogen-bond acceptors (Lipinski definition) is 3. The van der Waals surface area contributed by atoms with Gasteiger partial charge in [0.05, 0.1) is 6.54 Å². The van der Waals surface area contributed by atoms with E-state index in [0.717, 1.165) is 24.7 Å². The summed E-state index contributed by atoms with van der Waals surface area (Å²) in [6, 6.07) is 15.8. The summed E-state index contributed by atoms with van der Waals surface area (Å²) in [7, 11) is 1.99. The Bertz CT molecular complexity index is 736. The number of nitrogens with zero attached hydrogens (tertiary/aromatic N) is 3. The van der Waals surface area contributed by atoms with Gasteiger partial charge in [-0.3, -0.25) is 9.79 Å². The van der Waals surface area contributed by atoms with E-state index in [0.29, 0.717) is 18.8 Å². The topological polar surface area (TPSA) is 69.6 Å². The molecule has 0 aliphatic carbocycles. The minimum absolute atomic E-state index is 0. The maximum Gasteiger partial charge on any atom is 0.227 e. The van der Waals surface area contributed by atoms with E-state index < -0.39 is 0 Å². The second-order valence-electron chi connectivity index (χ2n) is 6.04.